The molecule has 6 nitrogen and oxygen atoms in total. The Bertz CT molecular complexity index is 726. The molecule has 1 N–H and O–H groups in total. The van der Waals surface area contributed by atoms with Crippen LogP contribution in [0.1, 0.15) is 24.2 Å². The number of hydrogen-bond donors (Lipinski definition) is 1. The molecule has 6 heteroatoms. The molecule has 132 valence electrons. The zero-order valence-corrected chi connectivity index (χ0v) is 14.5. The molecule has 2 heterocycles. The van der Waals surface area contributed by atoms with Crippen LogP contribution in [-0.2, 0) is 29.1 Å². The maximum Gasteiger partial charge on any atom is 0.225 e. The third kappa shape index (κ3) is 4.47. The molecule has 2 amide bonds. The fourth-order valence-electron chi connectivity index (χ4n) is 3.16. The Hall–Kier alpha value is -2.63. The van der Waals surface area contributed by atoms with Crippen molar-refractivity contribution in [2.75, 3.05) is 13.6 Å². The number of imidazole rings is 1. The monoisotopic (exact) mass is 340 g/mol. The van der Waals surface area contributed by atoms with Gasteiger partial charge in [0.15, 0.2) is 0 Å². The zero-order valence-electron chi connectivity index (χ0n) is 14.5. The highest BCUT2D eigenvalue weighted by molar-refractivity contribution is 5.89. The lowest BCUT2D eigenvalue weighted by Crippen LogP contribution is -2.32. The third-order valence-electron chi connectivity index (χ3n) is 4.64. The summed E-state index contributed by atoms with van der Waals surface area (Å²) in [6.07, 6.45) is 6.04. The van der Waals surface area contributed by atoms with Crippen LogP contribution >= 0.6 is 0 Å². The highest BCUT2D eigenvalue weighted by Gasteiger charge is 2.31. The average Bonchev–Trinajstić information content (AvgIpc) is 3.20. The van der Waals surface area contributed by atoms with Gasteiger partial charge in [-0.2, -0.15) is 0 Å². The van der Waals surface area contributed by atoms with Gasteiger partial charge in [-0.15, -0.1) is 0 Å². The molecule has 0 saturated carbocycles. The molecule has 3 rings (SSSR count). The van der Waals surface area contributed by atoms with E-state index in [0.29, 0.717) is 19.5 Å². The lowest BCUT2D eigenvalue weighted by Gasteiger charge is -2.12. The van der Waals surface area contributed by atoms with Crippen molar-refractivity contribution in [2.24, 2.45) is 5.92 Å². The summed E-state index contributed by atoms with van der Waals surface area (Å²) in [6, 6.07) is 10.4. The van der Waals surface area contributed by atoms with Gasteiger partial charge in [-0.05, 0) is 18.4 Å². The van der Waals surface area contributed by atoms with Crippen LogP contribution in [0.25, 0.3) is 0 Å². The highest BCUT2D eigenvalue weighted by Crippen LogP contribution is 2.16. The van der Waals surface area contributed by atoms with Gasteiger partial charge < -0.3 is 14.8 Å². The van der Waals surface area contributed by atoms with Gasteiger partial charge in [0.2, 0.25) is 11.8 Å². The normalized spacial score (nSPS) is 17.1. The van der Waals surface area contributed by atoms with Crippen molar-refractivity contribution in [3.05, 3.63) is 54.1 Å². The van der Waals surface area contributed by atoms with Crippen LogP contribution in [0.5, 0.6) is 0 Å². The van der Waals surface area contributed by atoms with Crippen molar-refractivity contribution in [3.8, 4) is 0 Å². The van der Waals surface area contributed by atoms with Gasteiger partial charge in [-0.3, -0.25) is 9.59 Å². The maximum atomic E-state index is 12.2. The number of aryl methyl sites for hydroxylation is 2. The Labute approximate surface area is 147 Å². The van der Waals surface area contributed by atoms with E-state index in [2.05, 4.69) is 39.1 Å². The highest BCUT2D eigenvalue weighted by atomic mass is 16.2. The molecule has 1 aliphatic heterocycles. The summed E-state index contributed by atoms with van der Waals surface area (Å²) in [5, 5.41) is 2.92. The van der Waals surface area contributed by atoms with Gasteiger partial charge in [-0.1, -0.05) is 30.3 Å². The zero-order chi connectivity index (χ0) is 17.6. The Morgan fingerprint density at radius 2 is 2.12 bits per heavy atom. The molecule has 1 fully saturated rings. The standard InChI is InChI=1S/C19H24N4O2/c1-22-14-16(12-18(22)24)19(25)21-13-17-20-9-11-23(17)10-5-8-15-6-3-2-4-7-15/h2-4,6-7,9,11,16H,5,8,10,12-14H2,1H3,(H,21,25). The van der Waals surface area contributed by atoms with Crippen LogP contribution in [0.4, 0.5) is 0 Å². The lowest BCUT2D eigenvalue weighted by atomic mass is 10.1. The van der Waals surface area contributed by atoms with Crippen LogP contribution in [-0.4, -0.2) is 39.9 Å². The van der Waals surface area contributed by atoms with Crippen LogP contribution in [0.15, 0.2) is 42.7 Å². The summed E-state index contributed by atoms with van der Waals surface area (Å²) in [5.74, 6) is 0.553. The van der Waals surface area contributed by atoms with Crippen molar-refractivity contribution in [1.29, 1.82) is 0 Å². The summed E-state index contributed by atoms with van der Waals surface area (Å²) in [6.45, 7) is 1.76. The second kappa shape index (κ2) is 7.96. The first-order valence-electron chi connectivity index (χ1n) is 8.69. The van der Waals surface area contributed by atoms with Gasteiger partial charge in [0.05, 0.1) is 12.5 Å². The molecule has 25 heavy (non-hydrogen) atoms. The van der Waals surface area contributed by atoms with Crippen molar-refractivity contribution in [1.82, 2.24) is 19.8 Å². The molecule has 1 saturated heterocycles. The van der Waals surface area contributed by atoms with Crippen molar-refractivity contribution < 1.29 is 9.59 Å². The van der Waals surface area contributed by atoms with E-state index in [0.717, 1.165) is 25.2 Å². The number of carbonyl (C=O) groups is 2. The average molecular weight is 340 g/mol. The third-order valence-corrected chi connectivity index (χ3v) is 4.64. The van der Waals surface area contributed by atoms with Gasteiger partial charge in [0.1, 0.15) is 5.82 Å². The fourth-order valence-corrected chi connectivity index (χ4v) is 3.16. The van der Waals surface area contributed by atoms with E-state index in [1.807, 2.05) is 12.3 Å². The first kappa shape index (κ1) is 17.2. The Morgan fingerprint density at radius 1 is 1.32 bits per heavy atom. The summed E-state index contributed by atoms with van der Waals surface area (Å²) in [4.78, 5) is 29.7. The molecule has 1 aromatic carbocycles. The number of hydrogen-bond acceptors (Lipinski definition) is 3. The number of nitrogens with zero attached hydrogens (tertiary/aromatic N) is 3. The lowest BCUT2D eigenvalue weighted by molar-refractivity contribution is -0.128. The molecule has 1 aliphatic rings. The predicted molar refractivity (Wildman–Crippen MR) is 94.6 cm³/mol. The summed E-state index contributed by atoms with van der Waals surface area (Å²) < 4.78 is 2.08. The molecule has 0 radical (unpaired) electrons. The number of likely N-dealkylation sites (tertiary alicyclic amines) is 1. The van der Waals surface area contributed by atoms with E-state index in [9.17, 15) is 9.59 Å². The second-order valence-corrected chi connectivity index (χ2v) is 6.52. The molecule has 0 spiro atoms. The number of rotatable bonds is 7. The van der Waals surface area contributed by atoms with Crippen LogP contribution in [0.3, 0.4) is 0 Å². The number of carbonyl (C=O) groups excluding carboxylic acids is 2. The quantitative estimate of drug-likeness (QED) is 0.833. The van der Waals surface area contributed by atoms with E-state index in [1.54, 1.807) is 18.1 Å². The molecule has 1 aromatic heterocycles. The van der Waals surface area contributed by atoms with Crippen LogP contribution < -0.4 is 5.32 Å². The number of benzene rings is 1. The van der Waals surface area contributed by atoms with E-state index in [4.69, 9.17) is 0 Å². The van der Waals surface area contributed by atoms with Gasteiger partial charge >= 0.3 is 0 Å². The first-order chi connectivity index (χ1) is 12.1. The molecule has 2 aromatic rings. The minimum Gasteiger partial charge on any atom is -0.349 e. The smallest absolute Gasteiger partial charge is 0.225 e. The van der Waals surface area contributed by atoms with Crippen LogP contribution in [0.2, 0.25) is 0 Å². The molecular weight excluding hydrogens is 316 g/mol. The molecule has 1 atom stereocenters. The predicted octanol–water partition coefficient (Wildman–Crippen LogP) is 1.61. The largest absolute Gasteiger partial charge is 0.349 e. The number of nitrogens with one attached hydrogen (secondary N) is 1. The van der Waals surface area contributed by atoms with Crippen molar-refractivity contribution >= 4 is 11.8 Å². The first-order valence-corrected chi connectivity index (χ1v) is 8.69. The molecular formula is C19H24N4O2. The van der Waals surface area contributed by atoms with Crippen molar-refractivity contribution in [2.45, 2.75) is 32.4 Å². The van der Waals surface area contributed by atoms with Gasteiger partial charge in [0, 0.05) is 39.0 Å². The van der Waals surface area contributed by atoms with E-state index >= 15 is 0 Å². The van der Waals surface area contributed by atoms with Gasteiger partial charge in [-0.25, -0.2) is 4.98 Å². The second-order valence-electron chi connectivity index (χ2n) is 6.52. The SMILES string of the molecule is CN1CC(C(=O)NCc2nccn2CCCc2ccccc2)CC1=O. The number of amides is 2. The summed E-state index contributed by atoms with van der Waals surface area (Å²) in [5.41, 5.74) is 1.33. The summed E-state index contributed by atoms with van der Waals surface area (Å²) in [7, 11) is 1.73. The minimum absolute atomic E-state index is 0.0302. The van der Waals surface area contributed by atoms with E-state index < -0.39 is 0 Å². The summed E-state index contributed by atoms with van der Waals surface area (Å²) >= 11 is 0. The molecule has 1 unspecified atom stereocenters. The topological polar surface area (TPSA) is 67.2 Å². The van der Waals surface area contributed by atoms with Crippen molar-refractivity contribution in [3.63, 3.8) is 0 Å². The Kier molecular flexibility index (Phi) is 5.48. The van der Waals surface area contributed by atoms with E-state index in [-0.39, 0.29) is 17.7 Å². The van der Waals surface area contributed by atoms with E-state index in [1.165, 1.54) is 5.56 Å². The molecule has 0 aliphatic carbocycles. The van der Waals surface area contributed by atoms with Crippen LogP contribution in [0, 0.1) is 5.92 Å². The number of aromatic nitrogens is 2. The molecule has 0 bridgehead atoms. The maximum absolute atomic E-state index is 12.2. The van der Waals surface area contributed by atoms with Gasteiger partial charge in [0.25, 0.3) is 0 Å². The Morgan fingerprint density at radius 3 is 2.84 bits per heavy atom. The minimum atomic E-state index is -0.251. The fraction of sp³-hybridized carbons (Fsp3) is 0.421. The Balaban J connectivity index is 1.47.